The Morgan fingerprint density at radius 3 is 2.94 bits per heavy atom. The number of nitrogens with two attached hydrogens (primary N) is 1. The molecule has 1 atom stereocenters. The highest BCUT2D eigenvalue weighted by Gasteiger charge is 2.23. The third kappa shape index (κ3) is 2.73. The maximum Gasteiger partial charge on any atom is 0.128 e. The summed E-state index contributed by atoms with van der Waals surface area (Å²) in [4.78, 5) is 6.40. The molecule has 0 spiro atoms. The van der Waals surface area contributed by atoms with Gasteiger partial charge in [0.2, 0.25) is 0 Å². The lowest BCUT2D eigenvalue weighted by atomic mass is 10.0. The van der Waals surface area contributed by atoms with Gasteiger partial charge >= 0.3 is 0 Å². The number of pyridine rings is 1. The molecule has 2 rings (SSSR count). The van der Waals surface area contributed by atoms with E-state index in [1.807, 2.05) is 12.1 Å². The second-order valence-electron chi connectivity index (χ2n) is 4.14. The molecule has 3 N–H and O–H groups in total. The summed E-state index contributed by atoms with van der Waals surface area (Å²) in [7, 11) is 0. The fraction of sp³-hybridized carbons (Fsp3) is 0.500. The smallest absolute Gasteiger partial charge is 0.128 e. The number of hydrogen-bond donors (Lipinski definition) is 2. The molecular weight excluding hydrogens is 214 g/mol. The van der Waals surface area contributed by atoms with Crippen molar-refractivity contribution in [1.29, 1.82) is 5.26 Å². The van der Waals surface area contributed by atoms with E-state index in [0.717, 1.165) is 31.7 Å². The third-order valence-electron chi connectivity index (χ3n) is 3.11. The van der Waals surface area contributed by atoms with Crippen LogP contribution in [0.5, 0.6) is 0 Å². The van der Waals surface area contributed by atoms with Gasteiger partial charge in [0.1, 0.15) is 5.82 Å². The van der Waals surface area contributed by atoms with Crippen LogP contribution in [0.2, 0.25) is 0 Å². The summed E-state index contributed by atoms with van der Waals surface area (Å²) in [5.74, 6) is 0.534. The van der Waals surface area contributed by atoms with Gasteiger partial charge in [-0.05, 0) is 6.07 Å². The molecule has 0 unspecified atom stereocenters. The predicted molar refractivity (Wildman–Crippen MR) is 66.1 cm³/mol. The lowest BCUT2D eigenvalue weighted by Crippen LogP contribution is -2.45. The van der Waals surface area contributed by atoms with Crippen LogP contribution in [0.3, 0.4) is 0 Å². The van der Waals surface area contributed by atoms with E-state index in [9.17, 15) is 0 Å². The molecule has 5 heteroatoms. The van der Waals surface area contributed by atoms with E-state index in [-0.39, 0.29) is 6.04 Å². The number of aromatic nitrogens is 1. The van der Waals surface area contributed by atoms with Crippen molar-refractivity contribution in [2.24, 2.45) is 0 Å². The summed E-state index contributed by atoms with van der Waals surface area (Å²) in [6, 6.07) is 6.15. The molecule has 1 aliphatic heterocycles. The van der Waals surface area contributed by atoms with Gasteiger partial charge in [-0.25, -0.2) is 4.98 Å². The minimum absolute atomic E-state index is 0.0656. The highest BCUT2D eigenvalue weighted by molar-refractivity contribution is 5.41. The Hall–Kier alpha value is -1.64. The second-order valence-corrected chi connectivity index (χ2v) is 4.14. The molecule has 1 aromatic rings. The summed E-state index contributed by atoms with van der Waals surface area (Å²) in [6.07, 6.45) is 2.13. The van der Waals surface area contributed by atoms with Crippen LogP contribution in [0.15, 0.2) is 18.3 Å². The fourth-order valence-electron chi connectivity index (χ4n) is 2.23. The first-order valence-electron chi connectivity index (χ1n) is 5.85. The van der Waals surface area contributed by atoms with Gasteiger partial charge in [0.25, 0.3) is 0 Å². The van der Waals surface area contributed by atoms with Gasteiger partial charge in [-0.3, -0.25) is 4.90 Å². The average molecular weight is 231 g/mol. The minimum Gasteiger partial charge on any atom is -0.383 e. The van der Waals surface area contributed by atoms with Gasteiger partial charge in [-0.2, -0.15) is 5.26 Å². The van der Waals surface area contributed by atoms with E-state index in [2.05, 4.69) is 21.3 Å². The van der Waals surface area contributed by atoms with Gasteiger partial charge in [0, 0.05) is 37.9 Å². The molecule has 2 heterocycles. The number of nitriles is 1. The highest BCUT2D eigenvalue weighted by atomic mass is 15.2. The van der Waals surface area contributed by atoms with Crippen LogP contribution in [-0.4, -0.2) is 36.1 Å². The lowest BCUT2D eigenvalue weighted by Gasteiger charge is -2.34. The van der Waals surface area contributed by atoms with Gasteiger partial charge in [-0.1, -0.05) is 6.07 Å². The number of rotatable bonds is 3. The largest absolute Gasteiger partial charge is 0.383 e. The monoisotopic (exact) mass is 231 g/mol. The zero-order valence-corrected chi connectivity index (χ0v) is 9.76. The molecule has 90 valence electrons. The summed E-state index contributed by atoms with van der Waals surface area (Å²) in [6.45, 7) is 3.81. The van der Waals surface area contributed by atoms with Crippen molar-refractivity contribution in [3.05, 3.63) is 23.9 Å². The van der Waals surface area contributed by atoms with Crippen molar-refractivity contribution in [3.63, 3.8) is 0 Å². The number of piperazine rings is 1. The quantitative estimate of drug-likeness (QED) is 0.793. The molecule has 0 amide bonds. The van der Waals surface area contributed by atoms with Gasteiger partial charge in [0.05, 0.1) is 18.5 Å². The van der Waals surface area contributed by atoms with E-state index in [4.69, 9.17) is 11.0 Å². The molecule has 1 aliphatic rings. The molecule has 0 aliphatic carbocycles. The average Bonchev–Trinajstić information content (AvgIpc) is 2.38. The van der Waals surface area contributed by atoms with Gasteiger partial charge in [0.15, 0.2) is 0 Å². The van der Waals surface area contributed by atoms with E-state index >= 15 is 0 Å². The molecule has 5 nitrogen and oxygen atoms in total. The Bertz CT molecular complexity index is 406. The van der Waals surface area contributed by atoms with Crippen molar-refractivity contribution in [2.45, 2.75) is 12.5 Å². The van der Waals surface area contributed by atoms with Crippen molar-refractivity contribution in [3.8, 4) is 6.07 Å². The molecule has 1 aromatic heterocycles. The van der Waals surface area contributed by atoms with E-state index in [0.29, 0.717) is 12.2 Å². The Morgan fingerprint density at radius 2 is 2.29 bits per heavy atom. The van der Waals surface area contributed by atoms with E-state index in [1.54, 1.807) is 6.20 Å². The highest BCUT2D eigenvalue weighted by Crippen LogP contribution is 2.27. The Morgan fingerprint density at radius 1 is 1.53 bits per heavy atom. The van der Waals surface area contributed by atoms with Crippen LogP contribution in [-0.2, 0) is 0 Å². The molecule has 0 bridgehead atoms. The van der Waals surface area contributed by atoms with Crippen molar-refractivity contribution >= 4 is 5.82 Å². The number of nitrogens with one attached hydrogen (secondary N) is 1. The lowest BCUT2D eigenvalue weighted by molar-refractivity contribution is 0.176. The molecule has 1 saturated heterocycles. The third-order valence-corrected chi connectivity index (χ3v) is 3.11. The van der Waals surface area contributed by atoms with Crippen LogP contribution in [0.4, 0.5) is 5.82 Å². The zero-order valence-electron chi connectivity index (χ0n) is 9.76. The molecule has 0 radical (unpaired) electrons. The summed E-state index contributed by atoms with van der Waals surface area (Å²) < 4.78 is 0. The fourth-order valence-corrected chi connectivity index (χ4v) is 2.23. The topological polar surface area (TPSA) is 78.0 Å². The van der Waals surface area contributed by atoms with E-state index < -0.39 is 0 Å². The molecule has 17 heavy (non-hydrogen) atoms. The van der Waals surface area contributed by atoms with Crippen LogP contribution in [0.25, 0.3) is 0 Å². The van der Waals surface area contributed by atoms with E-state index in [1.165, 1.54) is 0 Å². The first-order chi connectivity index (χ1) is 8.33. The van der Waals surface area contributed by atoms with Crippen molar-refractivity contribution in [2.75, 3.05) is 31.9 Å². The SMILES string of the molecule is N#CC[C@H](c1cccnc1N)N1CCNCC1. The summed E-state index contributed by atoms with van der Waals surface area (Å²) in [5, 5.41) is 12.3. The normalized spacial score (nSPS) is 18.5. The number of anilines is 1. The molecular formula is C12H17N5. The van der Waals surface area contributed by atoms with Crippen LogP contribution >= 0.6 is 0 Å². The Labute approximate surface area is 101 Å². The second kappa shape index (κ2) is 5.62. The summed E-state index contributed by atoms with van der Waals surface area (Å²) >= 11 is 0. The zero-order chi connectivity index (χ0) is 12.1. The van der Waals surface area contributed by atoms with Crippen LogP contribution in [0.1, 0.15) is 18.0 Å². The molecule has 0 saturated carbocycles. The minimum atomic E-state index is 0.0656. The van der Waals surface area contributed by atoms with Crippen molar-refractivity contribution < 1.29 is 0 Å². The number of nitrogens with zero attached hydrogens (tertiary/aromatic N) is 3. The first-order valence-corrected chi connectivity index (χ1v) is 5.85. The predicted octanol–water partition coefficient (Wildman–Crippen LogP) is 0.524. The van der Waals surface area contributed by atoms with Gasteiger partial charge < -0.3 is 11.1 Å². The maximum absolute atomic E-state index is 8.97. The first kappa shape index (κ1) is 11.8. The van der Waals surface area contributed by atoms with Crippen molar-refractivity contribution in [1.82, 2.24) is 15.2 Å². The standard InChI is InChI=1S/C12H17N5/c13-4-3-11(17-8-6-15-7-9-17)10-2-1-5-16-12(10)14/h1-2,5,11,15H,3,6-9H2,(H2,14,16)/t11-/m1/s1. The Kier molecular flexibility index (Phi) is 3.91. The van der Waals surface area contributed by atoms with Gasteiger partial charge in [-0.15, -0.1) is 0 Å². The molecule has 1 fully saturated rings. The Balaban J connectivity index is 2.22. The summed E-state index contributed by atoms with van der Waals surface area (Å²) in [5.41, 5.74) is 6.86. The van der Waals surface area contributed by atoms with Crippen LogP contribution in [0, 0.1) is 11.3 Å². The molecule has 0 aromatic carbocycles. The number of nitrogen functional groups attached to an aromatic ring is 1. The van der Waals surface area contributed by atoms with Crippen LogP contribution < -0.4 is 11.1 Å². The maximum atomic E-state index is 8.97. The number of hydrogen-bond acceptors (Lipinski definition) is 5.